The largest absolute Gasteiger partial charge is 0.392 e. The van der Waals surface area contributed by atoms with Gasteiger partial charge in [0, 0.05) is 29.4 Å². The molecule has 0 aromatic heterocycles. The molecule has 1 aliphatic rings. The van der Waals surface area contributed by atoms with Gasteiger partial charge in [0.25, 0.3) is 0 Å². The van der Waals surface area contributed by atoms with E-state index in [2.05, 4.69) is 11.9 Å². The minimum atomic E-state index is 0.0486. The van der Waals surface area contributed by atoms with Crippen LogP contribution in [0.5, 0.6) is 0 Å². The normalized spacial score (nSPS) is 17.1. The second kappa shape index (κ2) is 5.74. The number of hydrogen-bond donors (Lipinski definition) is 1. The van der Waals surface area contributed by atoms with Gasteiger partial charge in [-0.15, -0.1) is 0 Å². The fraction of sp³-hybridized carbons (Fsp3) is 0.571. The molecule has 1 N–H and O–H groups in total. The van der Waals surface area contributed by atoms with E-state index in [-0.39, 0.29) is 6.61 Å². The maximum atomic E-state index is 9.40. The average Bonchev–Trinajstić information content (AvgIpc) is 2.39. The highest BCUT2D eigenvalue weighted by atomic mass is 35.5. The minimum absolute atomic E-state index is 0.0486. The first-order valence-electron chi connectivity index (χ1n) is 6.34. The first-order valence-corrected chi connectivity index (χ1v) is 6.72. The quantitative estimate of drug-likeness (QED) is 0.890. The summed E-state index contributed by atoms with van der Waals surface area (Å²) in [4.78, 5) is 2.31. The van der Waals surface area contributed by atoms with Crippen molar-refractivity contribution in [2.75, 3.05) is 11.9 Å². The zero-order valence-electron chi connectivity index (χ0n) is 10.3. The number of rotatable bonds is 3. The predicted molar refractivity (Wildman–Crippen MR) is 72.7 cm³/mol. The highest BCUT2D eigenvalue weighted by Gasteiger charge is 2.19. The molecule has 0 saturated heterocycles. The third-order valence-corrected chi connectivity index (χ3v) is 3.95. The molecular formula is C14H20ClNO. The van der Waals surface area contributed by atoms with Gasteiger partial charge in [0.05, 0.1) is 6.61 Å². The molecule has 1 saturated carbocycles. The monoisotopic (exact) mass is 253 g/mol. The molecule has 0 atom stereocenters. The summed E-state index contributed by atoms with van der Waals surface area (Å²) in [7, 11) is 2.12. The Kier molecular flexibility index (Phi) is 4.30. The molecule has 1 aromatic carbocycles. The van der Waals surface area contributed by atoms with E-state index < -0.39 is 0 Å². The summed E-state index contributed by atoms with van der Waals surface area (Å²) in [6, 6.07) is 6.38. The van der Waals surface area contributed by atoms with Gasteiger partial charge >= 0.3 is 0 Å². The van der Waals surface area contributed by atoms with E-state index in [4.69, 9.17) is 11.6 Å². The maximum Gasteiger partial charge on any atom is 0.0702 e. The van der Waals surface area contributed by atoms with Crippen LogP contribution < -0.4 is 4.90 Å². The summed E-state index contributed by atoms with van der Waals surface area (Å²) in [6.45, 7) is 0.0486. The van der Waals surface area contributed by atoms with Crippen molar-refractivity contribution < 1.29 is 5.11 Å². The lowest BCUT2D eigenvalue weighted by Gasteiger charge is -2.34. The summed E-state index contributed by atoms with van der Waals surface area (Å²) in [5.74, 6) is 0. The first kappa shape index (κ1) is 12.7. The summed E-state index contributed by atoms with van der Waals surface area (Å²) in [5, 5.41) is 10.1. The van der Waals surface area contributed by atoms with E-state index in [1.54, 1.807) is 0 Å². The van der Waals surface area contributed by atoms with E-state index in [0.717, 1.165) is 11.3 Å². The molecule has 2 nitrogen and oxygen atoms in total. The fourth-order valence-corrected chi connectivity index (χ4v) is 2.88. The van der Waals surface area contributed by atoms with Crippen LogP contribution in [0.2, 0.25) is 5.02 Å². The lowest BCUT2D eigenvalue weighted by atomic mass is 9.94. The molecule has 0 spiro atoms. The number of halogens is 1. The smallest absolute Gasteiger partial charge is 0.0702 e. The molecule has 1 aromatic rings. The van der Waals surface area contributed by atoms with Crippen LogP contribution in [0.3, 0.4) is 0 Å². The number of aliphatic hydroxyl groups excluding tert-OH is 1. The van der Waals surface area contributed by atoms with E-state index in [1.807, 2.05) is 18.2 Å². The molecule has 1 fully saturated rings. The van der Waals surface area contributed by atoms with Gasteiger partial charge in [-0.05, 0) is 31.0 Å². The van der Waals surface area contributed by atoms with E-state index >= 15 is 0 Å². The Labute approximate surface area is 108 Å². The van der Waals surface area contributed by atoms with Crippen LogP contribution in [-0.2, 0) is 6.61 Å². The molecule has 0 aliphatic heterocycles. The highest BCUT2D eigenvalue weighted by Crippen LogP contribution is 2.30. The average molecular weight is 254 g/mol. The second-order valence-electron chi connectivity index (χ2n) is 4.83. The van der Waals surface area contributed by atoms with E-state index in [9.17, 15) is 5.11 Å². The van der Waals surface area contributed by atoms with Crippen LogP contribution in [0.25, 0.3) is 0 Å². The van der Waals surface area contributed by atoms with Crippen molar-refractivity contribution in [3.8, 4) is 0 Å². The maximum absolute atomic E-state index is 9.40. The zero-order chi connectivity index (χ0) is 12.3. The number of hydrogen-bond acceptors (Lipinski definition) is 2. The van der Waals surface area contributed by atoms with Crippen molar-refractivity contribution >= 4 is 17.3 Å². The number of benzene rings is 1. The molecule has 3 heteroatoms. The molecule has 0 unspecified atom stereocenters. The molecular weight excluding hydrogens is 234 g/mol. The summed E-state index contributed by atoms with van der Waals surface area (Å²) in [6.07, 6.45) is 6.50. The Hall–Kier alpha value is -0.730. The van der Waals surface area contributed by atoms with Gasteiger partial charge in [0.2, 0.25) is 0 Å². The molecule has 17 heavy (non-hydrogen) atoms. The summed E-state index contributed by atoms with van der Waals surface area (Å²) in [5.41, 5.74) is 2.04. The second-order valence-corrected chi connectivity index (χ2v) is 5.27. The Balaban J connectivity index is 2.19. The van der Waals surface area contributed by atoms with Crippen LogP contribution in [0.4, 0.5) is 5.69 Å². The van der Waals surface area contributed by atoms with Crippen LogP contribution in [0.15, 0.2) is 18.2 Å². The molecule has 0 amide bonds. The Morgan fingerprint density at radius 1 is 1.29 bits per heavy atom. The van der Waals surface area contributed by atoms with E-state index in [0.29, 0.717) is 11.1 Å². The summed E-state index contributed by atoms with van der Waals surface area (Å²) < 4.78 is 0. The van der Waals surface area contributed by atoms with Gasteiger partial charge in [-0.1, -0.05) is 30.9 Å². The number of anilines is 1. The molecule has 94 valence electrons. The third kappa shape index (κ3) is 2.93. The molecule has 1 aliphatic carbocycles. The number of aliphatic hydroxyl groups is 1. The van der Waals surface area contributed by atoms with Crippen LogP contribution in [0, 0.1) is 0 Å². The standard InChI is InChI=1S/C14H20ClNO/c1-16(13-5-3-2-4-6-13)14-8-7-12(15)9-11(14)10-17/h7-9,13,17H,2-6,10H2,1H3. The van der Waals surface area contributed by atoms with Crippen LogP contribution in [-0.4, -0.2) is 18.2 Å². The van der Waals surface area contributed by atoms with Gasteiger partial charge < -0.3 is 10.0 Å². The molecule has 2 rings (SSSR count). The Bertz CT molecular complexity index is 374. The predicted octanol–water partition coefficient (Wildman–Crippen LogP) is 3.60. The Morgan fingerprint density at radius 3 is 2.65 bits per heavy atom. The van der Waals surface area contributed by atoms with Crippen molar-refractivity contribution in [3.05, 3.63) is 28.8 Å². The van der Waals surface area contributed by atoms with Gasteiger partial charge in [0.15, 0.2) is 0 Å². The van der Waals surface area contributed by atoms with Crippen molar-refractivity contribution in [3.63, 3.8) is 0 Å². The minimum Gasteiger partial charge on any atom is -0.392 e. The number of nitrogens with zero attached hydrogens (tertiary/aromatic N) is 1. The highest BCUT2D eigenvalue weighted by molar-refractivity contribution is 6.30. The lowest BCUT2D eigenvalue weighted by Crippen LogP contribution is -2.33. The van der Waals surface area contributed by atoms with E-state index in [1.165, 1.54) is 32.1 Å². The topological polar surface area (TPSA) is 23.5 Å². The van der Waals surface area contributed by atoms with Gasteiger partial charge in [-0.2, -0.15) is 0 Å². The lowest BCUT2D eigenvalue weighted by molar-refractivity contribution is 0.281. The molecule has 0 heterocycles. The van der Waals surface area contributed by atoms with Gasteiger partial charge in [-0.3, -0.25) is 0 Å². The van der Waals surface area contributed by atoms with Crippen molar-refractivity contribution in [1.82, 2.24) is 0 Å². The van der Waals surface area contributed by atoms with Gasteiger partial charge in [0.1, 0.15) is 0 Å². The molecule has 0 radical (unpaired) electrons. The molecule has 0 bridgehead atoms. The van der Waals surface area contributed by atoms with Crippen molar-refractivity contribution in [2.24, 2.45) is 0 Å². The van der Waals surface area contributed by atoms with Crippen molar-refractivity contribution in [2.45, 2.75) is 44.8 Å². The summed E-state index contributed by atoms with van der Waals surface area (Å²) >= 11 is 5.96. The van der Waals surface area contributed by atoms with Crippen molar-refractivity contribution in [1.29, 1.82) is 0 Å². The zero-order valence-corrected chi connectivity index (χ0v) is 11.1. The Morgan fingerprint density at radius 2 is 2.00 bits per heavy atom. The van der Waals surface area contributed by atoms with Gasteiger partial charge in [-0.25, -0.2) is 0 Å². The third-order valence-electron chi connectivity index (χ3n) is 3.71. The first-order chi connectivity index (χ1) is 8.22. The van der Waals surface area contributed by atoms with Crippen LogP contribution >= 0.6 is 11.6 Å². The SMILES string of the molecule is CN(c1ccc(Cl)cc1CO)C1CCCCC1. The van der Waals surface area contributed by atoms with Crippen LogP contribution in [0.1, 0.15) is 37.7 Å². The fourth-order valence-electron chi connectivity index (χ4n) is 2.69.